The van der Waals surface area contributed by atoms with Crippen LogP contribution in [0.3, 0.4) is 0 Å². The maximum absolute atomic E-state index is 13.6. The number of carbonyl (C=O) groups is 3. The minimum absolute atomic E-state index is 0.0861. The van der Waals surface area contributed by atoms with Crippen molar-refractivity contribution in [3.63, 3.8) is 0 Å². The van der Waals surface area contributed by atoms with E-state index in [1.807, 2.05) is 19.9 Å². The zero-order valence-corrected chi connectivity index (χ0v) is 23.0. The summed E-state index contributed by atoms with van der Waals surface area (Å²) in [6.45, 7) is 8.57. The molecule has 0 bridgehead atoms. The number of aryl methyl sites for hydroxylation is 3. The fraction of sp³-hybridized carbons (Fsp3) is 0.462. The smallest absolute Gasteiger partial charge is 0.348 e. The molecule has 0 saturated heterocycles. The van der Waals surface area contributed by atoms with E-state index in [9.17, 15) is 19.2 Å². The molecular weight excluding hydrogens is 510 g/mol. The molecule has 0 aromatic carbocycles. The SMILES string of the molecule is CCOC(=O)c1sc(NC(=O)Cn2c(-n3nc(C)cc3C)nc3c(c2=O)CCCC3)c(C(=O)OCC)c1C. The average Bonchev–Trinajstić information content (AvgIpc) is 3.38. The highest BCUT2D eigenvalue weighted by molar-refractivity contribution is 7.18. The van der Waals surface area contributed by atoms with Gasteiger partial charge in [-0.2, -0.15) is 5.10 Å². The first-order valence-electron chi connectivity index (χ1n) is 12.6. The predicted molar refractivity (Wildman–Crippen MR) is 141 cm³/mol. The summed E-state index contributed by atoms with van der Waals surface area (Å²) >= 11 is 0.933. The van der Waals surface area contributed by atoms with Crippen molar-refractivity contribution in [2.75, 3.05) is 18.5 Å². The molecule has 1 aliphatic rings. The summed E-state index contributed by atoms with van der Waals surface area (Å²) in [6, 6.07) is 1.87. The summed E-state index contributed by atoms with van der Waals surface area (Å²) in [5, 5.41) is 7.35. The Labute approximate surface area is 223 Å². The molecule has 1 amide bonds. The van der Waals surface area contributed by atoms with E-state index in [0.717, 1.165) is 41.3 Å². The lowest BCUT2D eigenvalue weighted by Gasteiger charge is -2.20. The maximum Gasteiger partial charge on any atom is 0.348 e. The molecule has 0 saturated carbocycles. The van der Waals surface area contributed by atoms with E-state index in [2.05, 4.69) is 10.4 Å². The van der Waals surface area contributed by atoms with E-state index >= 15 is 0 Å². The van der Waals surface area contributed by atoms with E-state index in [4.69, 9.17) is 14.5 Å². The van der Waals surface area contributed by atoms with Crippen molar-refractivity contribution in [1.29, 1.82) is 0 Å². The number of rotatable bonds is 8. The van der Waals surface area contributed by atoms with Crippen LogP contribution in [0.15, 0.2) is 10.9 Å². The molecule has 3 heterocycles. The first-order valence-corrected chi connectivity index (χ1v) is 13.4. The number of aromatic nitrogens is 4. The van der Waals surface area contributed by atoms with Gasteiger partial charge in [-0.1, -0.05) is 0 Å². The molecule has 0 unspecified atom stereocenters. The quantitative estimate of drug-likeness (QED) is 0.430. The molecule has 3 aromatic rings. The van der Waals surface area contributed by atoms with Crippen LogP contribution in [0, 0.1) is 20.8 Å². The second-order valence-electron chi connectivity index (χ2n) is 9.02. The topological polar surface area (TPSA) is 134 Å². The van der Waals surface area contributed by atoms with Crippen LogP contribution in [0.2, 0.25) is 0 Å². The summed E-state index contributed by atoms with van der Waals surface area (Å²) in [4.78, 5) is 57.0. The van der Waals surface area contributed by atoms with E-state index in [0.29, 0.717) is 24.0 Å². The van der Waals surface area contributed by atoms with Crippen LogP contribution in [0.25, 0.3) is 5.95 Å². The van der Waals surface area contributed by atoms with Gasteiger partial charge in [-0.25, -0.2) is 19.3 Å². The molecule has 12 heteroatoms. The number of amides is 1. The number of thiophene rings is 1. The minimum Gasteiger partial charge on any atom is -0.462 e. The van der Waals surface area contributed by atoms with Gasteiger partial charge in [-0.3, -0.25) is 14.2 Å². The molecule has 1 N–H and O–H groups in total. The fourth-order valence-electron chi connectivity index (χ4n) is 4.57. The highest BCUT2D eigenvalue weighted by atomic mass is 32.1. The summed E-state index contributed by atoms with van der Waals surface area (Å²) in [7, 11) is 0. The zero-order valence-electron chi connectivity index (χ0n) is 22.2. The van der Waals surface area contributed by atoms with E-state index in [1.165, 1.54) is 4.57 Å². The first kappa shape index (κ1) is 27.2. The molecule has 3 aromatic heterocycles. The largest absolute Gasteiger partial charge is 0.462 e. The summed E-state index contributed by atoms with van der Waals surface area (Å²) < 4.78 is 13.2. The number of fused-ring (bicyclic) bond motifs is 1. The van der Waals surface area contributed by atoms with E-state index < -0.39 is 17.8 Å². The highest BCUT2D eigenvalue weighted by Crippen LogP contribution is 2.34. The summed E-state index contributed by atoms with van der Waals surface area (Å²) in [5.74, 6) is -1.56. The van der Waals surface area contributed by atoms with Crippen LogP contribution in [0.1, 0.15) is 74.9 Å². The molecule has 1 aliphatic carbocycles. The lowest BCUT2D eigenvalue weighted by molar-refractivity contribution is -0.116. The predicted octanol–water partition coefficient (Wildman–Crippen LogP) is 3.29. The third-order valence-corrected chi connectivity index (χ3v) is 7.45. The van der Waals surface area contributed by atoms with Crippen molar-refractivity contribution in [3.8, 4) is 5.95 Å². The first-order chi connectivity index (χ1) is 18.2. The number of anilines is 1. The average molecular weight is 542 g/mol. The molecule has 0 radical (unpaired) electrons. The Morgan fingerprint density at radius 3 is 2.39 bits per heavy atom. The molecule has 0 atom stereocenters. The molecule has 0 fully saturated rings. The van der Waals surface area contributed by atoms with Gasteiger partial charge in [-0.05, 0) is 71.9 Å². The van der Waals surface area contributed by atoms with Crippen molar-refractivity contribution >= 4 is 34.2 Å². The van der Waals surface area contributed by atoms with Gasteiger partial charge in [0, 0.05) is 11.3 Å². The Hall–Kier alpha value is -3.80. The van der Waals surface area contributed by atoms with Crippen LogP contribution >= 0.6 is 11.3 Å². The molecule has 0 aliphatic heterocycles. The molecule has 0 spiro atoms. The Morgan fingerprint density at radius 2 is 1.74 bits per heavy atom. The Balaban J connectivity index is 1.74. The third kappa shape index (κ3) is 5.26. The molecule has 11 nitrogen and oxygen atoms in total. The van der Waals surface area contributed by atoms with Gasteiger partial charge in [-0.15, -0.1) is 11.3 Å². The normalized spacial score (nSPS) is 12.7. The maximum atomic E-state index is 13.6. The van der Waals surface area contributed by atoms with Crippen molar-refractivity contribution in [1.82, 2.24) is 19.3 Å². The Kier molecular flexibility index (Phi) is 8.10. The van der Waals surface area contributed by atoms with Crippen LogP contribution in [0.4, 0.5) is 5.00 Å². The van der Waals surface area contributed by atoms with Gasteiger partial charge < -0.3 is 14.8 Å². The highest BCUT2D eigenvalue weighted by Gasteiger charge is 2.28. The van der Waals surface area contributed by atoms with Crippen LogP contribution in [-0.2, 0) is 33.7 Å². The fourth-order valence-corrected chi connectivity index (χ4v) is 5.67. The number of esters is 2. The van der Waals surface area contributed by atoms with Crippen LogP contribution in [-0.4, -0.2) is 50.4 Å². The van der Waals surface area contributed by atoms with Gasteiger partial charge in [0.1, 0.15) is 16.4 Å². The summed E-state index contributed by atoms with van der Waals surface area (Å²) in [5.41, 5.74) is 3.03. The Morgan fingerprint density at radius 1 is 1.05 bits per heavy atom. The number of ether oxygens (including phenoxy) is 2. The standard InChI is InChI=1S/C26H31N5O6S/c1-6-36-24(34)20-16(5)21(25(35)37-7-2)38-22(20)28-19(32)13-30-23(33)17-10-8-9-11-18(17)27-26(30)31-15(4)12-14(3)29-31/h12H,6-11,13H2,1-5H3,(H,28,32). The van der Waals surface area contributed by atoms with Gasteiger partial charge in [0.25, 0.3) is 5.56 Å². The van der Waals surface area contributed by atoms with Crippen molar-refractivity contribution < 1.29 is 23.9 Å². The summed E-state index contributed by atoms with van der Waals surface area (Å²) in [6.07, 6.45) is 3.11. The monoisotopic (exact) mass is 541 g/mol. The van der Waals surface area contributed by atoms with Gasteiger partial charge in [0.15, 0.2) is 0 Å². The number of carbonyl (C=O) groups excluding carboxylic acids is 3. The molecule has 202 valence electrons. The van der Waals surface area contributed by atoms with Crippen LogP contribution in [0.5, 0.6) is 0 Å². The van der Waals surface area contributed by atoms with Gasteiger partial charge in [0.2, 0.25) is 11.9 Å². The number of hydrogen-bond donors (Lipinski definition) is 1. The number of nitrogens with one attached hydrogen (secondary N) is 1. The molecule has 4 rings (SSSR count). The van der Waals surface area contributed by atoms with Crippen molar-refractivity contribution in [2.24, 2.45) is 0 Å². The van der Waals surface area contributed by atoms with Crippen LogP contribution < -0.4 is 10.9 Å². The zero-order chi connectivity index (χ0) is 27.6. The lowest BCUT2D eigenvalue weighted by atomic mass is 9.97. The third-order valence-electron chi connectivity index (χ3n) is 6.26. The minimum atomic E-state index is -0.664. The van der Waals surface area contributed by atoms with E-state index in [-0.39, 0.29) is 46.7 Å². The van der Waals surface area contributed by atoms with Gasteiger partial charge >= 0.3 is 11.9 Å². The Bertz CT molecular complexity index is 1470. The lowest BCUT2D eigenvalue weighted by Crippen LogP contribution is -2.36. The molecular formula is C26H31N5O6S. The number of hydrogen-bond acceptors (Lipinski definition) is 9. The number of nitrogens with zero attached hydrogens (tertiary/aromatic N) is 4. The van der Waals surface area contributed by atoms with Crippen molar-refractivity contribution in [3.05, 3.63) is 55.1 Å². The second-order valence-corrected chi connectivity index (χ2v) is 10.0. The second kappa shape index (κ2) is 11.3. The van der Waals surface area contributed by atoms with Crippen molar-refractivity contribution in [2.45, 2.75) is 66.8 Å². The van der Waals surface area contributed by atoms with Gasteiger partial charge in [0.05, 0.1) is 30.2 Å². The van der Waals surface area contributed by atoms with E-state index in [1.54, 1.807) is 25.5 Å². The molecule has 38 heavy (non-hydrogen) atoms.